The Balaban J connectivity index is 1.66. The molecule has 1 unspecified atom stereocenters. The standard InChI is InChI=1S/C22H21BrN2O/c1-26-20-13-11-19(12-14-20)25-21(16-7-9-17(23)10-8-16)15-22(25)24-18-5-3-2-4-6-18/h2-11,13,21H,12,14-15H2,1H3. The van der Waals surface area contributed by atoms with Crippen molar-refractivity contribution in [1.29, 1.82) is 0 Å². The summed E-state index contributed by atoms with van der Waals surface area (Å²) in [6.07, 6.45) is 7.11. The van der Waals surface area contributed by atoms with Crippen molar-refractivity contribution in [1.82, 2.24) is 4.90 Å². The molecule has 0 amide bonds. The van der Waals surface area contributed by atoms with Gasteiger partial charge in [0.05, 0.1) is 24.6 Å². The zero-order chi connectivity index (χ0) is 17.9. The molecule has 26 heavy (non-hydrogen) atoms. The number of methoxy groups -OCH3 is 1. The van der Waals surface area contributed by atoms with Crippen LogP contribution in [0.25, 0.3) is 0 Å². The second-order valence-corrected chi connectivity index (χ2v) is 7.42. The van der Waals surface area contributed by atoms with Crippen LogP contribution in [0.1, 0.15) is 30.9 Å². The maximum absolute atomic E-state index is 5.38. The molecule has 4 heteroatoms. The third-order valence-electron chi connectivity index (χ3n) is 4.90. The number of rotatable bonds is 4. The van der Waals surface area contributed by atoms with Crippen molar-refractivity contribution in [3.63, 3.8) is 0 Å². The van der Waals surface area contributed by atoms with E-state index >= 15 is 0 Å². The summed E-state index contributed by atoms with van der Waals surface area (Å²) in [7, 11) is 1.74. The zero-order valence-corrected chi connectivity index (χ0v) is 16.3. The Kier molecular flexibility index (Phi) is 4.93. The summed E-state index contributed by atoms with van der Waals surface area (Å²) in [4.78, 5) is 7.28. The minimum Gasteiger partial charge on any atom is -0.501 e. The summed E-state index contributed by atoms with van der Waals surface area (Å²) in [5.41, 5.74) is 3.63. The number of hydrogen-bond donors (Lipinski definition) is 0. The van der Waals surface area contributed by atoms with E-state index in [2.05, 4.69) is 69.4 Å². The first-order valence-electron chi connectivity index (χ1n) is 8.85. The normalized spacial score (nSPS) is 21.1. The molecule has 0 bridgehead atoms. The van der Waals surface area contributed by atoms with Gasteiger partial charge in [-0.1, -0.05) is 46.3 Å². The average molecular weight is 409 g/mol. The molecule has 1 aliphatic carbocycles. The maximum atomic E-state index is 5.38. The van der Waals surface area contributed by atoms with Gasteiger partial charge in [-0.05, 0) is 48.4 Å². The van der Waals surface area contributed by atoms with E-state index in [-0.39, 0.29) is 0 Å². The van der Waals surface area contributed by atoms with E-state index in [4.69, 9.17) is 9.73 Å². The highest BCUT2D eigenvalue weighted by Crippen LogP contribution is 2.42. The monoisotopic (exact) mass is 408 g/mol. The zero-order valence-electron chi connectivity index (χ0n) is 14.7. The van der Waals surface area contributed by atoms with Gasteiger partial charge >= 0.3 is 0 Å². The summed E-state index contributed by atoms with van der Waals surface area (Å²) in [6, 6.07) is 19.1. The number of halogens is 1. The van der Waals surface area contributed by atoms with Gasteiger partial charge < -0.3 is 9.64 Å². The molecule has 0 saturated carbocycles. The first-order chi connectivity index (χ1) is 12.7. The molecule has 132 valence electrons. The number of aliphatic imine (C=N–C) groups is 1. The number of likely N-dealkylation sites (tertiary alicyclic amines) is 1. The van der Waals surface area contributed by atoms with Crippen molar-refractivity contribution < 1.29 is 4.74 Å². The number of ether oxygens (including phenoxy) is 1. The van der Waals surface area contributed by atoms with Crippen LogP contribution < -0.4 is 0 Å². The Morgan fingerprint density at radius 2 is 1.77 bits per heavy atom. The predicted molar refractivity (Wildman–Crippen MR) is 109 cm³/mol. The number of nitrogens with zero attached hydrogens (tertiary/aromatic N) is 2. The Hall–Kier alpha value is -2.33. The molecule has 1 heterocycles. The van der Waals surface area contributed by atoms with Crippen LogP contribution in [0.2, 0.25) is 0 Å². The van der Waals surface area contributed by atoms with E-state index in [0.717, 1.165) is 41.0 Å². The predicted octanol–water partition coefficient (Wildman–Crippen LogP) is 6.13. The van der Waals surface area contributed by atoms with E-state index in [9.17, 15) is 0 Å². The SMILES string of the molecule is COC1=CC=C(N2C(=Nc3ccccc3)CC2c2ccc(Br)cc2)CC1. The van der Waals surface area contributed by atoms with Crippen LogP contribution in [0.15, 0.2) is 87.7 Å². The Bertz CT molecular complexity index is 869. The van der Waals surface area contributed by atoms with Crippen LogP contribution in [0.3, 0.4) is 0 Å². The van der Waals surface area contributed by atoms with Crippen molar-refractivity contribution in [2.24, 2.45) is 4.99 Å². The minimum absolute atomic E-state index is 0.342. The Morgan fingerprint density at radius 3 is 2.42 bits per heavy atom. The summed E-state index contributed by atoms with van der Waals surface area (Å²) in [5, 5.41) is 0. The third-order valence-corrected chi connectivity index (χ3v) is 5.42. The van der Waals surface area contributed by atoms with Crippen LogP contribution in [-0.2, 0) is 4.74 Å². The number of hydrogen-bond acceptors (Lipinski definition) is 2. The van der Waals surface area contributed by atoms with Gasteiger partial charge in [0.15, 0.2) is 0 Å². The first kappa shape index (κ1) is 17.1. The van der Waals surface area contributed by atoms with Gasteiger partial charge in [0.2, 0.25) is 0 Å². The van der Waals surface area contributed by atoms with Crippen LogP contribution in [-0.4, -0.2) is 17.8 Å². The fourth-order valence-corrected chi connectivity index (χ4v) is 3.74. The van der Waals surface area contributed by atoms with Gasteiger partial charge in [-0.3, -0.25) is 0 Å². The number of para-hydroxylation sites is 1. The molecule has 2 aromatic carbocycles. The molecule has 3 nitrogen and oxygen atoms in total. The highest BCUT2D eigenvalue weighted by molar-refractivity contribution is 9.10. The number of allylic oxidation sites excluding steroid dienone is 4. The highest BCUT2D eigenvalue weighted by Gasteiger charge is 2.37. The van der Waals surface area contributed by atoms with Crippen molar-refractivity contribution in [3.05, 3.63) is 88.2 Å². The topological polar surface area (TPSA) is 24.8 Å². The molecule has 4 rings (SSSR count). The fourth-order valence-electron chi connectivity index (χ4n) is 3.48. The Labute approximate surface area is 162 Å². The molecular weight excluding hydrogens is 388 g/mol. The van der Waals surface area contributed by atoms with Crippen molar-refractivity contribution >= 4 is 27.5 Å². The summed E-state index contributed by atoms with van der Waals surface area (Å²) < 4.78 is 6.49. The van der Waals surface area contributed by atoms with Gasteiger partial charge in [0, 0.05) is 23.0 Å². The molecular formula is C22H21BrN2O. The first-order valence-corrected chi connectivity index (χ1v) is 9.65. The van der Waals surface area contributed by atoms with E-state index in [0.29, 0.717) is 6.04 Å². The molecule has 1 aliphatic heterocycles. The maximum Gasteiger partial charge on any atom is 0.112 e. The lowest BCUT2D eigenvalue weighted by Gasteiger charge is -2.46. The lowest BCUT2D eigenvalue weighted by molar-refractivity contribution is 0.259. The molecule has 1 saturated heterocycles. The van der Waals surface area contributed by atoms with Crippen LogP contribution in [0.5, 0.6) is 0 Å². The molecule has 1 fully saturated rings. The van der Waals surface area contributed by atoms with Crippen LogP contribution >= 0.6 is 15.9 Å². The molecule has 0 spiro atoms. The molecule has 2 aromatic rings. The molecule has 0 aromatic heterocycles. The van der Waals surface area contributed by atoms with Crippen molar-refractivity contribution in [2.45, 2.75) is 25.3 Å². The highest BCUT2D eigenvalue weighted by atomic mass is 79.9. The largest absolute Gasteiger partial charge is 0.501 e. The van der Waals surface area contributed by atoms with E-state index in [1.54, 1.807) is 7.11 Å². The molecule has 0 radical (unpaired) electrons. The van der Waals surface area contributed by atoms with Crippen molar-refractivity contribution in [2.75, 3.05) is 7.11 Å². The average Bonchev–Trinajstić information content (AvgIpc) is 2.67. The lowest BCUT2D eigenvalue weighted by Crippen LogP contribution is -2.45. The van der Waals surface area contributed by atoms with Crippen LogP contribution in [0.4, 0.5) is 5.69 Å². The molecule has 1 atom stereocenters. The third kappa shape index (κ3) is 3.47. The van der Waals surface area contributed by atoms with Gasteiger partial charge in [0.25, 0.3) is 0 Å². The second-order valence-electron chi connectivity index (χ2n) is 6.50. The van der Waals surface area contributed by atoms with Gasteiger partial charge in [-0.2, -0.15) is 0 Å². The minimum atomic E-state index is 0.342. The fraction of sp³-hybridized carbons (Fsp3) is 0.227. The summed E-state index contributed by atoms with van der Waals surface area (Å²) in [6.45, 7) is 0. The van der Waals surface area contributed by atoms with E-state index in [1.165, 1.54) is 11.3 Å². The molecule has 0 N–H and O–H groups in total. The quantitative estimate of drug-likeness (QED) is 0.607. The van der Waals surface area contributed by atoms with Crippen LogP contribution in [0, 0.1) is 0 Å². The Morgan fingerprint density at radius 1 is 1.00 bits per heavy atom. The van der Waals surface area contributed by atoms with E-state index < -0.39 is 0 Å². The lowest BCUT2D eigenvalue weighted by atomic mass is 9.90. The van der Waals surface area contributed by atoms with Gasteiger partial charge in [-0.15, -0.1) is 0 Å². The smallest absolute Gasteiger partial charge is 0.112 e. The molecule has 2 aliphatic rings. The van der Waals surface area contributed by atoms with E-state index in [1.807, 2.05) is 18.2 Å². The van der Waals surface area contributed by atoms with Crippen molar-refractivity contribution in [3.8, 4) is 0 Å². The van der Waals surface area contributed by atoms with Gasteiger partial charge in [-0.25, -0.2) is 4.99 Å². The van der Waals surface area contributed by atoms with Gasteiger partial charge in [0.1, 0.15) is 5.84 Å². The number of benzene rings is 2. The second kappa shape index (κ2) is 7.50. The number of amidine groups is 1. The summed E-state index contributed by atoms with van der Waals surface area (Å²) in [5.74, 6) is 2.17. The summed E-state index contributed by atoms with van der Waals surface area (Å²) >= 11 is 3.53.